The lowest BCUT2D eigenvalue weighted by molar-refractivity contribution is -0.118. The number of methoxy groups -OCH3 is 1. The smallest absolute Gasteiger partial charge is 0.235 e. The Labute approximate surface area is 123 Å². The molecule has 4 nitrogen and oxygen atoms in total. The highest BCUT2D eigenvalue weighted by molar-refractivity contribution is 6.01. The van der Waals surface area contributed by atoms with Crippen molar-refractivity contribution in [1.29, 1.82) is 0 Å². The van der Waals surface area contributed by atoms with Crippen LogP contribution in [0.4, 0.5) is 11.4 Å². The Morgan fingerprint density at radius 3 is 2.52 bits per heavy atom. The lowest BCUT2D eigenvalue weighted by Gasteiger charge is -2.16. The number of carbonyl (C=O) groups excluding carboxylic acids is 1. The van der Waals surface area contributed by atoms with Gasteiger partial charge in [0, 0.05) is 11.8 Å². The molecule has 2 aromatic carbocycles. The van der Waals surface area contributed by atoms with Crippen LogP contribution in [0.5, 0.6) is 5.75 Å². The van der Waals surface area contributed by atoms with E-state index in [2.05, 4.69) is 5.32 Å². The standard InChI is InChI=1S/C17H18N2O2/c1-21-15-11-13(7-8-14(15)18)19-16(20)17(9-10-17)12-5-3-2-4-6-12/h2-8,11H,9-10,18H2,1H3,(H,19,20). The van der Waals surface area contributed by atoms with Crippen molar-refractivity contribution in [2.45, 2.75) is 18.3 Å². The van der Waals surface area contributed by atoms with Gasteiger partial charge in [0.1, 0.15) is 5.75 Å². The monoisotopic (exact) mass is 282 g/mol. The third kappa shape index (κ3) is 2.44. The fourth-order valence-corrected chi connectivity index (χ4v) is 2.57. The molecule has 1 aliphatic rings. The topological polar surface area (TPSA) is 64.3 Å². The van der Waals surface area contributed by atoms with Crippen LogP contribution in [0.2, 0.25) is 0 Å². The minimum absolute atomic E-state index is 0.0283. The minimum Gasteiger partial charge on any atom is -0.495 e. The van der Waals surface area contributed by atoms with Crippen LogP contribution in [-0.4, -0.2) is 13.0 Å². The lowest BCUT2D eigenvalue weighted by atomic mass is 9.95. The molecule has 0 atom stereocenters. The van der Waals surface area contributed by atoms with E-state index in [9.17, 15) is 4.79 Å². The molecule has 0 aliphatic heterocycles. The number of amides is 1. The SMILES string of the molecule is COc1cc(NC(=O)C2(c3ccccc3)CC2)ccc1N. The van der Waals surface area contributed by atoms with E-state index in [-0.39, 0.29) is 11.3 Å². The van der Waals surface area contributed by atoms with E-state index >= 15 is 0 Å². The predicted octanol–water partition coefficient (Wildman–Crippen LogP) is 2.95. The van der Waals surface area contributed by atoms with Gasteiger partial charge < -0.3 is 15.8 Å². The number of benzene rings is 2. The quantitative estimate of drug-likeness (QED) is 0.847. The van der Waals surface area contributed by atoms with Gasteiger partial charge in [-0.15, -0.1) is 0 Å². The number of nitrogens with two attached hydrogens (primary N) is 1. The molecule has 2 aromatic rings. The van der Waals surface area contributed by atoms with Crippen molar-refractivity contribution < 1.29 is 9.53 Å². The molecule has 1 saturated carbocycles. The summed E-state index contributed by atoms with van der Waals surface area (Å²) in [6.07, 6.45) is 1.77. The average Bonchev–Trinajstić information content (AvgIpc) is 3.32. The molecule has 0 unspecified atom stereocenters. The summed E-state index contributed by atoms with van der Waals surface area (Å²) in [7, 11) is 1.56. The second-order valence-corrected chi connectivity index (χ2v) is 5.36. The lowest BCUT2D eigenvalue weighted by Crippen LogP contribution is -2.27. The largest absolute Gasteiger partial charge is 0.495 e. The molecule has 1 aliphatic carbocycles. The van der Waals surface area contributed by atoms with E-state index in [1.54, 1.807) is 25.3 Å². The minimum atomic E-state index is -0.379. The van der Waals surface area contributed by atoms with Gasteiger partial charge in [0.05, 0.1) is 18.2 Å². The summed E-state index contributed by atoms with van der Waals surface area (Å²) < 4.78 is 5.18. The van der Waals surface area contributed by atoms with Crippen molar-refractivity contribution >= 4 is 17.3 Å². The first-order valence-electron chi connectivity index (χ1n) is 6.96. The maximum atomic E-state index is 12.6. The van der Waals surface area contributed by atoms with Crippen LogP contribution < -0.4 is 15.8 Å². The Kier molecular flexibility index (Phi) is 3.29. The Balaban J connectivity index is 1.81. The summed E-state index contributed by atoms with van der Waals surface area (Å²) in [6.45, 7) is 0. The normalized spacial score (nSPS) is 15.3. The van der Waals surface area contributed by atoms with Crippen molar-refractivity contribution in [2.24, 2.45) is 0 Å². The van der Waals surface area contributed by atoms with E-state index in [0.29, 0.717) is 17.1 Å². The predicted molar refractivity (Wildman–Crippen MR) is 83.4 cm³/mol. The zero-order valence-electron chi connectivity index (χ0n) is 11.9. The van der Waals surface area contributed by atoms with Gasteiger partial charge in [-0.1, -0.05) is 30.3 Å². The zero-order chi connectivity index (χ0) is 14.9. The van der Waals surface area contributed by atoms with Gasteiger partial charge in [-0.25, -0.2) is 0 Å². The molecule has 1 fully saturated rings. The van der Waals surface area contributed by atoms with Gasteiger partial charge in [-0.3, -0.25) is 4.79 Å². The fraction of sp³-hybridized carbons (Fsp3) is 0.235. The third-order valence-electron chi connectivity index (χ3n) is 4.00. The molecular formula is C17H18N2O2. The molecule has 0 bridgehead atoms. The van der Waals surface area contributed by atoms with E-state index in [4.69, 9.17) is 10.5 Å². The molecular weight excluding hydrogens is 264 g/mol. The Morgan fingerprint density at radius 2 is 1.90 bits per heavy atom. The summed E-state index contributed by atoms with van der Waals surface area (Å²) in [5, 5.41) is 2.97. The Hall–Kier alpha value is -2.49. The second kappa shape index (κ2) is 5.13. The Morgan fingerprint density at radius 1 is 1.19 bits per heavy atom. The number of rotatable bonds is 4. The summed E-state index contributed by atoms with van der Waals surface area (Å²) >= 11 is 0. The highest BCUT2D eigenvalue weighted by atomic mass is 16.5. The molecule has 21 heavy (non-hydrogen) atoms. The van der Waals surface area contributed by atoms with Crippen molar-refractivity contribution in [3.8, 4) is 5.75 Å². The number of nitrogens with one attached hydrogen (secondary N) is 1. The van der Waals surface area contributed by atoms with E-state index in [0.717, 1.165) is 18.4 Å². The van der Waals surface area contributed by atoms with Crippen LogP contribution in [0.3, 0.4) is 0 Å². The van der Waals surface area contributed by atoms with Crippen molar-refractivity contribution in [1.82, 2.24) is 0 Å². The zero-order valence-corrected chi connectivity index (χ0v) is 11.9. The van der Waals surface area contributed by atoms with Gasteiger partial charge in [0.2, 0.25) is 5.91 Å². The fourth-order valence-electron chi connectivity index (χ4n) is 2.57. The van der Waals surface area contributed by atoms with Crippen LogP contribution >= 0.6 is 0 Å². The van der Waals surface area contributed by atoms with Gasteiger partial charge in [-0.2, -0.15) is 0 Å². The van der Waals surface area contributed by atoms with Crippen molar-refractivity contribution in [3.63, 3.8) is 0 Å². The molecule has 3 N–H and O–H groups in total. The van der Waals surface area contributed by atoms with Gasteiger partial charge in [0.15, 0.2) is 0 Å². The second-order valence-electron chi connectivity index (χ2n) is 5.36. The van der Waals surface area contributed by atoms with Crippen LogP contribution in [0, 0.1) is 0 Å². The molecule has 0 spiro atoms. The highest BCUT2D eigenvalue weighted by Crippen LogP contribution is 2.49. The molecule has 0 heterocycles. The third-order valence-corrected chi connectivity index (χ3v) is 4.00. The van der Waals surface area contributed by atoms with Crippen LogP contribution in [-0.2, 0) is 10.2 Å². The Bertz CT molecular complexity index is 664. The maximum absolute atomic E-state index is 12.6. The molecule has 4 heteroatoms. The maximum Gasteiger partial charge on any atom is 0.235 e. The molecule has 0 saturated heterocycles. The van der Waals surface area contributed by atoms with Gasteiger partial charge in [0.25, 0.3) is 0 Å². The summed E-state index contributed by atoms with van der Waals surface area (Å²) in [4.78, 5) is 12.6. The first-order valence-corrected chi connectivity index (χ1v) is 6.96. The van der Waals surface area contributed by atoms with E-state index in [1.165, 1.54) is 0 Å². The molecule has 0 aromatic heterocycles. The van der Waals surface area contributed by atoms with E-state index < -0.39 is 0 Å². The summed E-state index contributed by atoms with van der Waals surface area (Å²) in [5.41, 5.74) is 7.73. The van der Waals surface area contributed by atoms with E-state index in [1.807, 2.05) is 30.3 Å². The molecule has 1 amide bonds. The van der Waals surface area contributed by atoms with Crippen LogP contribution in [0.25, 0.3) is 0 Å². The van der Waals surface area contributed by atoms with Crippen LogP contribution in [0.1, 0.15) is 18.4 Å². The number of anilines is 2. The molecule has 3 rings (SSSR count). The van der Waals surface area contributed by atoms with Gasteiger partial charge >= 0.3 is 0 Å². The number of ether oxygens (including phenoxy) is 1. The highest BCUT2D eigenvalue weighted by Gasteiger charge is 2.51. The van der Waals surface area contributed by atoms with Gasteiger partial charge in [-0.05, 0) is 30.5 Å². The number of hydrogen-bond donors (Lipinski definition) is 2. The summed E-state index contributed by atoms with van der Waals surface area (Å²) in [5.74, 6) is 0.595. The molecule has 0 radical (unpaired) electrons. The average molecular weight is 282 g/mol. The first kappa shape index (κ1) is 13.5. The number of carbonyl (C=O) groups is 1. The van der Waals surface area contributed by atoms with Crippen molar-refractivity contribution in [3.05, 3.63) is 54.1 Å². The summed E-state index contributed by atoms with van der Waals surface area (Å²) in [6, 6.07) is 15.2. The number of hydrogen-bond acceptors (Lipinski definition) is 3. The van der Waals surface area contributed by atoms with Crippen LogP contribution in [0.15, 0.2) is 48.5 Å². The molecule has 108 valence electrons. The first-order chi connectivity index (χ1) is 10.2. The number of nitrogen functional groups attached to an aromatic ring is 1. The van der Waals surface area contributed by atoms with Crippen molar-refractivity contribution in [2.75, 3.05) is 18.2 Å².